The normalized spacial score (nSPS) is 9.77. The van der Waals surface area contributed by atoms with Crippen molar-refractivity contribution in [2.24, 2.45) is 0 Å². The van der Waals surface area contributed by atoms with Gasteiger partial charge in [-0.25, -0.2) is 8.78 Å². The summed E-state index contributed by atoms with van der Waals surface area (Å²) in [5, 5.41) is 2.22. The Morgan fingerprint density at radius 2 is 2.08 bits per heavy atom. The first-order valence-electron chi connectivity index (χ1n) is 3.53. The van der Waals surface area contributed by atoms with Crippen LogP contribution in [0, 0.1) is 11.6 Å². The highest BCUT2D eigenvalue weighted by atomic mass is 19.1. The summed E-state index contributed by atoms with van der Waals surface area (Å²) in [6.07, 6.45) is 0. The van der Waals surface area contributed by atoms with Crippen LogP contribution in [0.2, 0.25) is 0 Å². The molecule has 1 aromatic carbocycles. The number of benzene rings is 1. The molecule has 0 bridgehead atoms. The van der Waals surface area contributed by atoms with E-state index in [1.165, 1.54) is 7.05 Å². The maximum Gasteiger partial charge on any atom is 0.253 e. The lowest BCUT2D eigenvalue weighted by Gasteiger charge is -2.04. The predicted molar refractivity (Wildman–Crippen MR) is 44.2 cm³/mol. The number of anilines is 1. The smallest absolute Gasteiger partial charge is 0.253 e. The summed E-state index contributed by atoms with van der Waals surface area (Å²) in [7, 11) is 1.35. The zero-order chi connectivity index (χ0) is 10.0. The molecule has 70 valence electrons. The Balaban J connectivity index is 3.28. The highest BCUT2D eigenvalue weighted by Crippen LogP contribution is 2.17. The van der Waals surface area contributed by atoms with Gasteiger partial charge in [0.2, 0.25) is 0 Å². The zero-order valence-electron chi connectivity index (χ0n) is 6.90. The van der Waals surface area contributed by atoms with Crippen LogP contribution in [-0.4, -0.2) is 13.0 Å². The second-order valence-electron chi connectivity index (χ2n) is 2.43. The third-order valence-corrected chi connectivity index (χ3v) is 1.57. The van der Waals surface area contributed by atoms with Crippen molar-refractivity contribution < 1.29 is 13.6 Å². The molecule has 3 N–H and O–H groups in total. The second-order valence-corrected chi connectivity index (χ2v) is 2.43. The average Bonchev–Trinajstić information content (AvgIpc) is 2.10. The first-order chi connectivity index (χ1) is 6.06. The first-order valence-corrected chi connectivity index (χ1v) is 3.53. The fourth-order valence-corrected chi connectivity index (χ4v) is 0.907. The number of carbonyl (C=O) groups is 1. The Morgan fingerprint density at radius 3 is 2.62 bits per heavy atom. The number of amides is 1. The molecule has 1 amide bonds. The molecule has 0 unspecified atom stereocenters. The van der Waals surface area contributed by atoms with Crippen molar-refractivity contribution in [1.29, 1.82) is 0 Å². The number of nitrogen functional groups attached to an aromatic ring is 1. The average molecular weight is 186 g/mol. The minimum absolute atomic E-state index is 0.194. The van der Waals surface area contributed by atoms with Crippen LogP contribution >= 0.6 is 0 Å². The van der Waals surface area contributed by atoms with Crippen molar-refractivity contribution in [2.75, 3.05) is 12.8 Å². The number of nitrogens with one attached hydrogen (secondary N) is 1. The molecule has 0 aliphatic heterocycles. The molecule has 1 rings (SSSR count). The van der Waals surface area contributed by atoms with Gasteiger partial charge in [0, 0.05) is 13.1 Å². The Labute approximate surface area is 73.5 Å². The summed E-state index contributed by atoms with van der Waals surface area (Å²) in [6, 6.07) is 1.51. The van der Waals surface area contributed by atoms with E-state index < -0.39 is 17.5 Å². The van der Waals surface area contributed by atoms with E-state index in [0.717, 1.165) is 6.07 Å². The number of hydrogen-bond acceptors (Lipinski definition) is 2. The van der Waals surface area contributed by atoms with Crippen LogP contribution in [0.4, 0.5) is 14.5 Å². The Morgan fingerprint density at radius 1 is 1.46 bits per heavy atom. The molecule has 13 heavy (non-hydrogen) atoms. The molecule has 0 aliphatic rings. The third-order valence-electron chi connectivity index (χ3n) is 1.57. The molecule has 0 aliphatic carbocycles. The highest BCUT2D eigenvalue weighted by Gasteiger charge is 2.13. The van der Waals surface area contributed by atoms with Crippen LogP contribution in [0.15, 0.2) is 12.1 Å². The monoisotopic (exact) mass is 186 g/mol. The van der Waals surface area contributed by atoms with E-state index in [0.29, 0.717) is 6.07 Å². The van der Waals surface area contributed by atoms with E-state index in [4.69, 9.17) is 5.73 Å². The van der Waals surface area contributed by atoms with Gasteiger partial charge in [-0.05, 0) is 6.07 Å². The van der Waals surface area contributed by atoms with Crippen LogP contribution in [-0.2, 0) is 0 Å². The molecule has 0 aromatic heterocycles. The summed E-state index contributed by atoms with van der Waals surface area (Å²) in [5.41, 5.74) is 4.68. The maximum atomic E-state index is 12.8. The van der Waals surface area contributed by atoms with Crippen molar-refractivity contribution in [3.63, 3.8) is 0 Å². The summed E-state index contributed by atoms with van der Waals surface area (Å²) in [6.45, 7) is 0. The van der Waals surface area contributed by atoms with E-state index in [-0.39, 0.29) is 11.3 Å². The van der Waals surface area contributed by atoms with Gasteiger partial charge in [0.1, 0.15) is 11.6 Å². The van der Waals surface area contributed by atoms with Gasteiger partial charge in [0.05, 0.1) is 11.3 Å². The summed E-state index contributed by atoms with van der Waals surface area (Å²) in [4.78, 5) is 11.0. The van der Waals surface area contributed by atoms with Crippen molar-refractivity contribution in [1.82, 2.24) is 5.32 Å². The van der Waals surface area contributed by atoms with E-state index in [1.54, 1.807) is 0 Å². The van der Waals surface area contributed by atoms with Gasteiger partial charge in [-0.1, -0.05) is 0 Å². The van der Waals surface area contributed by atoms with Gasteiger partial charge in [0.15, 0.2) is 0 Å². The van der Waals surface area contributed by atoms with Gasteiger partial charge in [0.25, 0.3) is 5.91 Å². The van der Waals surface area contributed by atoms with E-state index in [2.05, 4.69) is 5.32 Å². The highest BCUT2D eigenvalue weighted by molar-refractivity contribution is 5.99. The minimum Gasteiger partial charge on any atom is -0.396 e. The molecule has 0 saturated heterocycles. The van der Waals surface area contributed by atoms with Gasteiger partial charge >= 0.3 is 0 Å². The fourth-order valence-electron chi connectivity index (χ4n) is 0.907. The number of rotatable bonds is 1. The summed E-state index contributed by atoms with van der Waals surface area (Å²) < 4.78 is 25.4. The summed E-state index contributed by atoms with van der Waals surface area (Å²) in [5.74, 6) is -2.38. The lowest BCUT2D eigenvalue weighted by Crippen LogP contribution is -2.20. The SMILES string of the molecule is CNC(=O)c1cc(F)cc(F)c1N. The minimum atomic E-state index is -0.932. The molecule has 3 nitrogen and oxygen atoms in total. The third kappa shape index (κ3) is 1.74. The second kappa shape index (κ2) is 3.38. The Bertz CT molecular complexity index is 352. The number of hydrogen-bond donors (Lipinski definition) is 2. The Kier molecular flexibility index (Phi) is 2.46. The van der Waals surface area contributed by atoms with Crippen LogP contribution in [0.5, 0.6) is 0 Å². The molecule has 0 heterocycles. The van der Waals surface area contributed by atoms with Crippen molar-refractivity contribution >= 4 is 11.6 Å². The molecule has 1 aromatic rings. The predicted octanol–water partition coefficient (Wildman–Crippen LogP) is 0.907. The molecule has 0 spiro atoms. The van der Waals surface area contributed by atoms with Gasteiger partial charge < -0.3 is 11.1 Å². The quantitative estimate of drug-likeness (QED) is 0.640. The van der Waals surface area contributed by atoms with Crippen LogP contribution in [0.3, 0.4) is 0 Å². The molecular formula is C8H8F2N2O. The van der Waals surface area contributed by atoms with Crippen LogP contribution in [0.1, 0.15) is 10.4 Å². The molecule has 0 fully saturated rings. The van der Waals surface area contributed by atoms with Gasteiger partial charge in [-0.3, -0.25) is 4.79 Å². The van der Waals surface area contributed by atoms with Crippen molar-refractivity contribution in [2.45, 2.75) is 0 Å². The molecule has 0 atom stereocenters. The lowest BCUT2D eigenvalue weighted by atomic mass is 10.1. The lowest BCUT2D eigenvalue weighted by molar-refractivity contribution is 0.0963. The number of halogens is 2. The standard InChI is InChI=1S/C8H8F2N2O/c1-12-8(13)5-2-4(9)3-6(10)7(5)11/h2-3H,11H2,1H3,(H,12,13). The molecule has 0 radical (unpaired) electrons. The van der Waals surface area contributed by atoms with Gasteiger partial charge in [-0.2, -0.15) is 0 Å². The van der Waals surface area contributed by atoms with E-state index in [1.807, 2.05) is 0 Å². The largest absolute Gasteiger partial charge is 0.396 e. The zero-order valence-corrected chi connectivity index (χ0v) is 6.90. The van der Waals surface area contributed by atoms with Crippen molar-refractivity contribution in [3.05, 3.63) is 29.3 Å². The van der Waals surface area contributed by atoms with E-state index in [9.17, 15) is 13.6 Å². The van der Waals surface area contributed by atoms with E-state index >= 15 is 0 Å². The Hall–Kier alpha value is -1.65. The fraction of sp³-hybridized carbons (Fsp3) is 0.125. The molecule has 0 saturated carbocycles. The number of nitrogens with two attached hydrogens (primary N) is 1. The van der Waals surface area contributed by atoms with Crippen LogP contribution < -0.4 is 11.1 Å². The number of carbonyl (C=O) groups excluding carboxylic acids is 1. The molecule has 5 heteroatoms. The van der Waals surface area contributed by atoms with Crippen molar-refractivity contribution in [3.8, 4) is 0 Å². The first kappa shape index (κ1) is 9.44. The van der Waals surface area contributed by atoms with Gasteiger partial charge in [-0.15, -0.1) is 0 Å². The summed E-state index contributed by atoms with van der Waals surface area (Å²) >= 11 is 0. The topological polar surface area (TPSA) is 55.1 Å². The maximum absolute atomic E-state index is 12.8. The molecular weight excluding hydrogens is 178 g/mol. The van der Waals surface area contributed by atoms with Crippen LogP contribution in [0.25, 0.3) is 0 Å².